The molecule has 0 atom stereocenters. The zero-order chi connectivity index (χ0) is 10.6. The monoisotopic (exact) mass is 224 g/mol. The predicted octanol–water partition coefficient (Wildman–Crippen LogP) is 4.00. The molecule has 1 rings (SSSR count). The fourth-order valence-corrected chi connectivity index (χ4v) is 2.50. The molecule has 0 spiro atoms. The maximum atomic E-state index is 6.14. The van der Waals surface area contributed by atoms with Crippen LogP contribution < -0.4 is 0 Å². The highest BCUT2D eigenvalue weighted by atomic mass is 35.5. The van der Waals surface area contributed by atoms with Crippen molar-refractivity contribution in [3.63, 3.8) is 0 Å². The Balaban J connectivity index is 3.19. The lowest BCUT2D eigenvalue weighted by Crippen LogP contribution is -1.90. The van der Waals surface area contributed by atoms with Gasteiger partial charge in [-0.2, -0.15) is 0 Å². The predicted molar refractivity (Wildman–Crippen MR) is 65.2 cm³/mol. The summed E-state index contributed by atoms with van der Waals surface area (Å²) in [4.78, 5) is 1.16. The van der Waals surface area contributed by atoms with Crippen LogP contribution in [0.5, 0.6) is 0 Å². The van der Waals surface area contributed by atoms with Gasteiger partial charge in [-0.15, -0.1) is 18.2 Å². The lowest BCUT2D eigenvalue weighted by atomic mass is 10.1. The highest BCUT2D eigenvalue weighted by molar-refractivity contribution is 7.99. The quantitative estimate of drug-likeness (QED) is 0.553. The van der Waals surface area contributed by atoms with Gasteiger partial charge in [0.1, 0.15) is 0 Å². The largest absolute Gasteiger partial charge is 0.126 e. The van der Waals surface area contributed by atoms with Crippen LogP contribution >= 0.6 is 23.4 Å². The molecular weight excluding hydrogens is 212 g/mol. The number of hydrogen-bond donors (Lipinski definition) is 0. The zero-order valence-corrected chi connectivity index (χ0v) is 10.0. The van der Waals surface area contributed by atoms with Gasteiger partial charge in [-0.05, 0) is 29.9 Å². The van der Waals surface area contributed by atoms with Crippen LogP contribution in [0.2, 0.25) is 5.02 Å². The molecule has 0 fully saturated rings. The Hall–Kier alpha value is -0.580. The minimum Gasteiger partial charge on any atom is -0.126 e. The van der Waals surface area contributed by atoms with E-state index in [0.29, 0.717) is 0 Å². The molecule has 0 aliphatic rings. The van der Waals surface area contributed by atoms with Gasteiger partial charge < -0.3 is 0 Å². The van der Waals surface area contributed by atoms with Crippen molar-refractivity contribution in [1.82, 2.24) is 0 Å². The summed E-state index contributed by atoms with van der Waals surface area (Å²) < 4.78 is 0. The van der Waals surface area contributed by atoms with Gasteiger partial charge in [0, 0.05) is 15.5 Å². The van der Waals surface area contributed by atoms with E-state index in [1.807, 2.05) is 12.1 Å². The summed E-state index contributed by atoms with van der Waals surface area (Å²) in [5.74, 6) is 3.72. The van der Waals surface area contributed by atoms with Crippen molar-refractivity contribution in [3.8, 4) is 12.3 Å². The van der Waals surface area contributed by atoms with E-state index in [0.717, 1.165) is 33.2 Å². The second-order valence-corrected chi connectivity index (χ2v) is 4.61. The molecule has 0 saturated heterocycles. The first-order valence-electron chi connectivity index (χ1n) is 4.64. The first-order chi connectivity index (χ1) is 6.72. The number of benzene rings is 1. The van der Waals surface area contributed by atoms with E-state index in [9.17, 15) is 0 Å². The van der Waals surface area contributed by atoms with Crippen LogP contribution in [-0.4, -0.2) is 5.75 Å². The summed E-state index contributed by atoms with van der Waals surface area (Å²) in [5, 5.41) is 0.791. The molecule has 0 unspecified atom stereocenters. The minimum atomic E-state index is 0.791. The molecule has 0 aromatic heterocycles. The molecule has 2 heteroatoms. The molecule has 0 heterocycles. The topological polar surface area (TPSA) is 0 Å². The van der Waals surface area contributed by atoms with E-state index in [2.05, 4.69) is 19.8 Å². The van der Waals surface area contributed by atoms with Crippen molar-refractivity contribution in [2.45, 2.75) is 25.2 Å². The number of halogens is 1. The molecule has 1 aromatic rings. The third-order valence-corrected chi connectivity index (χ3v) is 3.18. The van der Waals surface area contributed by atoms with Gasteiger partial charge in [-0.1, -0.05) is 31.4 Å². The SMILES string of the molecule is C#Cc1cc(SCC)cc(Cl)c1CC. The van der Waals surface area contributed by atoms with Crippen LogP contribution in [-0.2, 0) is 6.42 Å². The molecule has 0 N–H and O–H groups in total. The summed E-state index contributed by atoms with van der Waals surface area (Å²) in [7, 11) is 0. The second kappa shape index (κ2) is 5.34. The first-order valence-corrected chi connectivity index (χ1v) is 6.01. The number of thioether (sulfide) groups is 1. The number of hydrogen-bond acceptors (Lipinski definition) is 1. The van der Waals surface area contributed by atoms with E-state index >= 15 is 0 Å². The molecular formula is C12H13ClS. The van der Waals surface area contributed by atoms with Gasteiger partial charge in [0.15, 0.2) is 0 Å². The smallest absolute Gasteiger partial charge is 0.0461 e. The van der Waals surface area contributed by atoms with Crippen LogP contribution in [0.4, 0.5) is 0 Å². The normalized spacial score (nSPS) is 9.86. The maximum Gasteiger partial charge on any atom is 0.0461 e. The highest BCUT2D eigenvalue weighted by Gasteiger charge is 2.06. The number of terminal acetylenes is 1. The number of rotatable bonds is 3. The van der Waals surface area contributed by atoms with Gasteiger partial charge in [-0.25, -0.2) is 0 Å². The van der Waals surface area contributed by atoms with Gasteiger partial charge in [0.05, 0.1) is 0 Å². The van der Waals surface area contributed by atoms with Gasteiger partial charge in [-0.3, -0.25) is 0 Å². The van der Waals surface area contributed by atoms with E-state index in [4.69, 9.17) is 18.0 Å². The zero-order valence-electron chi connectivity index (χ0n) is 8.43. The Labute approximate surface area is 95.0 Å². The Bertz CT molecular complexity index is 363. The Kier molecular flexibility index (Phi) is 4.38. The highest BCUT2D eigenvalue weighted by Crippen LogP contribution is 2.28. The lowest BCUT2D eigenvalue weighted by molar-refractivity contribution is 1.12. The maximum absolute atomic E-state index is 6.14. The molecule has 1 aromatic carbocycles. The van der Waals surface area contributed by atoms with Crippen molar-refractivity contribution in [2.24, 2.45) is 0 Å². The Morgan fingerprint density at radius 1 is 1.43 bits per heavy atom. The molecule has 0 aliphatic heterocycles. The standard InChI is InChI=1S/C12H13ClS/c1-4-9-7-10(14-6-3)8-12(13)11(9)5-2/h1,7-8H,5-6H2,2-3H3. The Morgan fingerprint density at radius 3 is 2.64 bits per heavy atom. The van der Waals surface area contributed by atoms with Gasteiger partial charge >= 0.3 is 0 Å². The van der Waals surface area contributed by atoms with Crippen LogP contribution in [0.25, 0.3) is 0 Å². The van der Waals surface area contributed by atoms with E-state index in [1.165, 1.54) is 0 Å². The summed E-state index contributed by atoms with van der Waals surface area (Å²) >= 11 is 7.90. The fourth-order valence-electron chi connectivity index (χ4n) is 1.35. The first kappa shape index (κ1) is 11.5. The van der Waals surface area contributed by atoms with E-state index < -0.39 is 0 Å². The summed E-state index contributed by atoms with van der Waals surface area (Å²) in [6.07, 6.45) is 6.33. The molecule has 0 amide bonds. The Morgan fingerprint density at radius 2 is 2.14 bits per heavy atom. The molecule has 14 heavy (non-hydrogen) atoms. The third-order valence-electron chi connectivity index (χ3n) is 1.99. The molecule has 0 bridgehead atoms. The van der Waals surface area contributed by atoms with Crippen LogP contribution in [0.15, 0.2) is 17.0 Å². The minimum absolute atomic E-state index is 0.791. The molecule has 74 valence electrons. The molecule has 0 nitrogen and oxygen atoms in total. The lowest BCUT2D eigenvalue weighted by Gasteiger charge is -2.07. The van der Waals surface area contributed by atoms with Crippen molar-refractivity contribution in [3.05, 3.63) is 28.3 Å². The average molecular weight is 225 g/mol. The van der Waals surface area contributed by atoms with Crippen molar-refractivity contribution >= 4 is 23.4 Å². The summed E-state index contributed by atoms with van der Waals surface area (Å²) in [5.41, 5.74) is 2.01. The molecule has 0 radical (unpaired) electrons. The van der Waals surface area contributed by atoms with Crippen LogP contribution in [0, 0.1) is 12.3 Å². The fraction of sp³-hybridized carbons (Fsp3) is 0.333. The van der Waals surface area contributed by atoms with Crippen LogP contribution in [0.1, 0.15) is 25.0 Å². The third kappa shape index (κ3) is 2.47. The van der Waals surface area contributed by atoms with Crippen molar-refractivity contribution in [2.75, 3.05) is 5.75 Å². The molecule has 0 aliphatic carbocycles. The second-order valence-electron chi connectivity index (χ2n) is 2.86. The summed E-state index contributed by atoms with van der Waals surface area (Å²) in [6.45, 7) is 4.18. The van der Waals surface area contributed by atoms with Crippen LogP contribution in [0.3, 0.4) is 0 Å². The van der Waals surface area contributed by atoms with E-state index in [-0.39, 0.29) is 0 Å². The summed E-state index contributed by atoms with van der Waals surface area (Å²) in [6, 6.07) is 4.04. The average Bonchev–Trinajstić information content (AvgIpc) is 2.17. The van der Waals surface area contributed by atoms with Gasteiger partial charge in [0.2, 0.25) is 0 Å². The van der Waals surface area contributed by atoms with E-state index in [1.54, 1.807) is 11.8 Å². The van der Waals surface area contributed by atoms with Crippen molar-refractivity contribution < 1.29 is 0 Å². The van der Waals surface area contributed by atoms with Crippen molar-refractivity contribution in [1.29, 1.82) is 0 Å². The molecule has 0 saturated carbocycles. The van der Waals surface area contributed by atoms with Gasteiger partial charge in [0.25, 0.3) is 0 Å².